The van der Waals surface area contributed by atoms with Crippen LogP contribution in [0.3, 0.4) is 0 Å². The maximum atomic E-state index is 8.84. The molecule has 0 radical (unpaired) electrons. The van der Waals surface area contributed by atoms with Crippen molar-refractivity contribution in [2.24, 2.45) is 0 Å². The number of rotatable bonds is 2. The molecule has 2 heterocycles. The van der Waals surface area contributed by atoms with Crippen LogP contribution in [0.2, 0.25) is 0 Å². The average Bonchev–Trinajstić information content (AvgIpc) is 2.98. The van der Waals surface area contributed by atoms with Crippen molar-refractivity contribution in [1.29, 1.82) is 5.26 Å². The van der Waals surface area contributed by atoms with E-state index in [0.717, 1.165) is 18.7 Å². The Morgan fingerprint density at radius 3 is 2.79 bits per heavy atom. The summed E-state index contributed by atoms with van der Waals surface area (Å²) in [5.74, 6) is 0. The molecule has 1 atom stereocenters. The molecule has 1 unspecified atom stereocenters. The minimum absolute atomic E-state index is 0.381. The zero-order valence-corrected chi connectivity index (χ0v) is 10.7. The van der Waals surface area contributed by atoms with Gasteiger partial charge in [0.25, 0.3) is 0 Å². The number of aromatic nitrogens is 2. The maximum absolute atomic E-state index is 8.84. The minimum Gasteiger partial charge on any atom is -0.309 e. The lowest BCUT2D eigenvalue weighted by Crippen LogP contribution is -2.28. The number of piperidine rings is 1. The lowest BCUT2D eigenvalue weighted by Gasteiger charge is -2.24. The summed E-state index contributed by atoms with van der Waals surface area (Å²) >= 11 is 0. The standard InChI is InChI=1S/C15H16N4/c16-9-12-4-6-13(7-5-12)19-11-17-10-15(19)14-3-1-2-8-18-14/h4-7,10-11,14,18H,1-3,8H2. The monoisotopic (exact) mass is 252 g/mol. The van der Waals surface area contributed by atoms with Crippen LogP contribution in [0.1, 0.15) is 36.6 Å². The van der Waals surface area contributed by atoms with Crippen LogP contribution in [0.4, 0.5) is 0 Å². The normalized spacial score (nSPS) is 19.0. The summed E-state index contributed by atoms with van der Waals surface area (Å²) in [7, 11) is 0. The van der Waals surface area contributed by atoms with Gasteiger partial charge in [0.05, 0.1) is 29.9 Å². The Balaban J connectivity index is 1.92. The molecular formula is C15H16N4. The summed E-state index contributed by atoms with van der Waals surface area (Å²) < 4.78 is 2.10. The third-order valence-corrected chi connectivity index (χ3v) is 3.61. The predicted octanol–water partition coefficient (Wildman–Crippen LogP) is 2.56. The molecule has 4 nitrogen and oxygen atoms in total. The first kappa shape index (κ1) is 11.9. The van der Waals surface area contributed by atoms with E-state index in [-0.39, 0.29) is 0 Å². The first-order chi connectivity index (χ1) is 9.38. The quantitative estimate of drug-likeness (QED) is 0.893. The second kappa shape index (κ2) is 5.25. The summed E-state index contributed by atoms with van der Waals surface area (Å²) in [4.78, 5) is 4.27. The van der Waals surface area contributed by atoms with Gasteiger partial charge in [0.1, 0.15) is 0 Å². The molecule has 1 N–H and O–H groups in total. The Hall–Kier alpha value is -2.12. The van der Waals surface area contributed by atoms with Crippen molar-refractivity contribution in [2.45, 2.75) is 25.3 Å². The summed E-state index contributed by atoms with van der Waals surface area (Å²) in [6.07, 6.45) is 7.44. The molecule has 0 spiro atoms. The molecule has 2 aromatic rings. The average molecular weight is 252 g/mol. The van der Waals surface area contributed by atoms with E-state index >= 15 is 0 Å². The molecule has 1 aromatic carbocycles. The molecule has 1 saturated heterocycles. The molecule has 3 rings (SSSR count). The van der Waals surface area contributed by atoms with E-state index in [0.29, 0.717) is 11.6 Å². The third-order valence-electron chi connectivity index (χ3n) is 3.61. The van der Waals surface area contributed by atoms with Gasteiger partial charge < -0.3 is 9.88 Å². The van der Waals surface area contributed by atoms with Gasteiger partial charge in [-0.05, 0) is 43.7 Å². The van der Waals surface area contributed by atoms with Crippen LogP contribution in [0.15, 0.2) is 36.8 Å². The Morgan fingerprint density at radius 1 is 1.26 bits per heavy atom. The van der Waals surface area contributed by atoms with Crippen LogP contribution in [-0.4, -0.2) is 16.1 Å². The number of hydrogen-bond acceptors (Lipinski definition) is 3. The highest BCUT2D eigenvalue weighted by atomic mass is 15.1. The van der Waals surface area contributed by atoms with Gasteiger partial charge >= 0.3 is 0 Å². The Morgan fingerprint density at radius 2 is 2.11 bits per heavy atom. The third kappa shape index (κ3) is 2.38. The minimum atomic E-state index is 0.381. The predicted molar refractivity (Wildman–Crippen MR) is 72.9 cm³/mol. The van der Waals surface area contributed by atoms with Gasteiger partial charge in [-0.1, -0.05) is 6.42 Å². The van der Waals surface area contributed by atoms with Crippen LogP contribution in [0, 0.1) is 11.3 Å². The molecule has 96 valence electrons. The van der Waals surface area contributed by atoms with Crippen molar-refractivity contribution in [3.8, 4) is 11.8 Å². The largest absolute Gasteiger partial charge is 0.309 e. The molecule has 1 aliphatic rings. The summed E-state index contributed by atoms with van der Waals surface area (Å²) in [5.41, 5.74) is 2.93. The van der Waals surface area contributed by atoms with Gasteiger partial charge in [-0.25, -0.2) is 4.98 Å². The molecule has 1 aliphatic heterocycles. The van der Waals surface area contributed by atoms with Crippen molar-refractivity contribution >= 4 is 0 Å². The van der Waals surface area contributed by atoms with Gasteiger partial charge in [-0.3, -0.25) is 0 Å². The number of benzene rings is 1. The van der Waals surface area contributed by atoms with Crippen molar-refractivity contribution in [3.05, 3.63) is 48.0 Å². The summed E-state index contributed by atoms with van der Waals surface area (Å²) in [6, 6.07) is 10.1. The summed E-state index contributed by atoms with van der Waals surface area (Å²) in [6.45, 7) is 1.07. The Bertz CT molecular complexity index is 585. The first-order valence-electron chi connectivity index (χ1n) is 6.64. The van der Waals surface area contributed by atoms with Crippen molar-refractivity contribution < 1.29 is 0 Å². The van der Waals surface area contributed by atoms with E-state index in [1.165, 1.54) is 18.5 Å². The highest BCUT2D eigenvalue weighted by Crippen LogP contribution is 2.24. The number of imidazole rings is 1. The Labute approximate surface area is 112 Å². The number of nitrogens with zero attached hydrogens (tertiary/aromatic N) is 3. The molecular weight excluding hydrogens is 236 g/mol. The van der Waals surface area contributed by atoms with E-state index in [1.807, 2.05) is 36.8 Å². The van der Waals surface area contributed by atoms with Crippen molar-refractivity contribution in [3.63, 3.8) is 0 Å². The van der Waals surface area contributed by atoms with E-state index in [9.17, 15) is 0 Å². The molecule has 0 saturated carbocycles. The lowest BCUT2D eigenvalue weighted by atomic mass is 10.0. The van der Waals surface area contributed by atoms with Gasteiger partial charge in [-0.2, -0.15) is 5.26 Å². The molecule has 19 heavy (non-hydrogen) atoms. The van der Waals surface area contributed by atoms with Gasteiger partial charge in [0, 0.05) is 11.7 Å². The van der Waals surface area contributed by atoms with E-state index < -0.39 is 0 Å². The fourth-order valence-corrected chi connectivity index (χ4v) is 2.58. The fourth-order valence-electron chi connectivity index (χ4n) is 2.58. The van der Waals surface area contributed by atoms with Gasteiger partial charge in [0.15, 0.2) is 0 Å². The first-order valence-corrected chi connectivity index (χ1v) is 6.64. The maximum Gasteiger partial charge on any atom is 0.0994 e. The molecule has 4 heteroatoms. The van der Waals surface area contributed by atoms with E-state index in [2.05, 4.69) is 20.9 Å². The molecule has 1 fully saturated rings. The second-order valence-corrected chi connectivity index (χ2v) is 4.85. The number of nitriles is 1. The van der Waals surface area contributed by atoms with Crippen molar-refractivity contribution in [2.75, 3.05) is 6.54 Å². The number of nitrogens with one attached hydrogen (secondary N) is 1. The smallest absolute Gasteiger partial charge is 0.0994 e. The lowest BCUT2D eigenvalue weighted by molar-refractivity contribution is 0.402. The second-order valence-electron chi connectivity index (χ2n) is 4.85. The van der Waals surface area contributed by atoms with Crippen LogP contribution in [0.5, 0.6) is 0 Å². The molecule has 0 bridgehead atoms. The topological polar surface area (TPSA) is 53.6 Å². The zero-order chi connectivity index (χ0) is 13.1. The zero-order valence-electron chi connectivity index (χ0n) is 10.7. The highest BCUT2D eigenvalue weighted by molar-refractivity contribution is 5.40. The Kier molecular flexibility index (Phi) is 3.30. The van der Waals surface area contributed by atoms with E-state index in [4.69, 9.17) is 5.26 Å². The molecule has 1 aromatic heterocycles. The number of hydrogen-bond donors (Lipinski definition) is 1. The van der Waals surface area contributed by atoms with Gasteiger partial charge in [-0.15, -0.1) is 0 Å². The van der Waals surface area contributed by atoms with Crippen molar-refractivity contribution in [1.82, 2.24) is 14.9 Å². The SMILES string of the molecule is N#Cc1ccc(-n2cncc2C2CCCCN2)cc1. The van der Waals surface area contributed by atoms with Crippen LogP contribution in [0.25, 0.3) is 5.69 Å². The highest BCUT2D eigenvalue weighted by Gasteiger charge is 2.18. The van der Waals surface area contributed by atoms with Crippen LogP contribution in [-0.2, 0) is 0 Å². The van der Waals surface area contributed by atoms with E-state index in [1.54, 1.807) is 0 Å². The van der Waals surface area contributed by atoms with Crippen LogP contribution >= 0.6 is 0 Å². The van der Waals surface area contributed by atoms with Gasteiger partial charge in [0.2, 0.25) is 0 Å². The molecule has 0 amide bonds. The fraction of sp³-hybridized carbons (Fsp3) is 0.333. The molecule has 0 aliphatic carbocycles. The van der Waals surface area contributed by atoms with Crippen LogP contribution < -0.4 is 5.32 Å². The summed E-state index contributed by atoms with van der Waals surface area (Å²) in [5, 5.41) is 12.4.